The van der Waals surface area contributed by atoms with Crippen molar-refractivity contribution in [3.05, 3.63) is 0 Å². The van der Waals surface area contributed by atoms with Crippen molar-refractivity contribution in [3.63, 3.8) is 0 Å². The summed E-state index contributed by atoms with van der Waals surface area (Å²) in [5.74, 6) is 0.873. The van der Waals surface area contributed by atoms with E-state index in [-0.39, 0.29) is 0 Å². The number of nitrogens with two attached hydrogens (primary N) is 2. The summed E-state index contributed by atoms with van der Waals surface area (Å²) in [6.07, 6.45) is -6.75. The molecule has 10 nitrogen and oxygen atoms in total. The first kappa shape index (κ1) is 16.2. The van der Waals surface area contributed by atoms with Gasteiger partial charge in [-0.1, -0.05) is 0 Å². The van der Waals surface area contributed by atoms with E-state index < -0.39 is 55.2 Å². The number of carbonyl (C=O) groups is 1. The third kappa shape index (κ3) is 3.01. The first-order chi connectivity index (χ1) is 8.79. The smallest absolute Gasteiger partial charge is 0.366 e. The van der Waals surface area contributed by atoms with Crippen LogP contribution in [0.5, 0.6) is 0 Å². The van der Waals surface area contributed by atoms with E-state index in [9.17, 15) is 20.1 Å². The largest absolute Gasteiger partial charge is 0.477 e. The van der Waals surface area contributed by atoms with E-state index in [0.29, 0.717) is 0 Å². The van der Waals surface area contributed by atoms with Crippen LogP contribution in [-0.4, -0.2) is 74.4 Å². The van der Waals surface area contributed by atoms with Crippen LogP contribution in [0.1, 0.15) is 6.42 Å². The molecule has 0 aromatic heterocycles. The second-order valence-electron chi connectivity index (χ2n) is 4.35. The number of hydrogen-bond donors (Lipinski definition) is 7. The molecule has 0 aliphatic carbocycles. The summed E-state index contributed by atoms with van der Waals surface area (Å²) in [4.78, 5) is 15.4. The highest BCUT2D eigenvalue weighted by atomic mass is 16.8. The lowest BCUT2D eigenvalue weighted by atomic mass is 9.89. The Morgan fingerprint density at radius 2 is 2.11 bits per heavy atom. The molecule has 6 atom stereocenters. The maximum Gasteiger partial charge on any atom is 0.366 e. The van der Waals surface area contributed by atoms with Gasteiger partial charge in [0.1, 0.15) is 18.3 Å². The van der Waals surface area contributed by atoms with E-state index in [1.54, 1.807) is 0 Å². The fourth-order valence-electron chi connectivity index (χ4n) is 1.87. The number of rotatable bonds is 5. The van der Waals surface area contributed by atoms with Gasteiger partial charge in [0.05, 0.1) is 18.8 Å². The van der Waals surface area contributed by atoms with Crippen LogP contribution in [0.4, 0.5) is 0 Å². The Labute approximate surface area is 108 Å². The molecule has 0 bridgehead atoms. The lowest BCUT2D eigenvalue weighted by molar-refractivity contribution is -0.311. The molecule has 19 heavy (non-hydrogen) atoms. The van der Waals surface area contributed by atoms with E-state index in [0.717, 1.165) is 0 Å². The second kappa shape index (κ2) is 6.07. The van der Waals surface area contributed by atoms with E-state index in [1.165, 1.54) is 0 Å². The van der Waals surface area contributed by atoms with Crippen LogP contribution in [0.15, 0.2) is 0 Å². The molecular weight excluding hydrogens is 264 g/mol. The SMILES string of the molecule is NOC1(C(=O)O)C[C@H](O)[C@@H](N)[C@H](C(O)C(O)CO)O1. The third-order valence-corrected chi connectivity index (χ3v) is 3.06. The Morgan fingerprint density at radius 3 is 2.53 bits per heavy atom. The van der Waals surface area contributed by atoms with Gasteiger partial charge in [-0.2, -0.15) is 0 Å². The highest BCUT2D eigenvalue weighted by Crippen LogP contribution is 2.31. The number of hydrogen-bond acceptors (Lipinski definition) is 9. The van der Waals surface area contributed by atoms with Crippen LogP contribution < -0.4 is 11.6 Å². The summed E-state index contributed by atoms with van der Waals surface area (Å²) < 4.78 is 5.00. The molecule has 0 aromatic rings. The highest BCUT2D eigenvalue weighted by molar-refractivity contribution is 5.76. The molecule has 1 heterocycles. The summed E-state index contributed by atoms with van der Waals surface area (Å²) in [6, 6.07) is -1.18. The molecule has 10 heteroatoms. The van der Waals surface area contributed by atoms with Crippen molar-refractivity contribution < 1.29 is 39.9 Å². The van der Waals surface area contributed by atoms with Crippen molar-refractivity contribution >= 4 is 5.97 Å². The molecular formula is C9H18N2O8. The number of aliphatic hydroxyl groups excluding tert-OH is 4. The lowest BCUT2D eigenvalue weighted by Gasteiger charge is -2.44. The van der Waals surface area contributed by atoms with Crippen molar-refractivity contribution in [1.82, 2.24) is 0 Å². The van der Waals surface area contributed by atoms with Crippen molar-refractivity contribution in [3.8, 4) is 0 Å². The zero-order chi connectivity index (χ0) is 14.8. The molecule has 0 radical (unpaired) electrons. The molecule has 0 saturated carbocycles. The standard InChI is InChI=1S/C9H18N2O8/c10-5-3(13)1-9(19-11,8(16)17)18-7(5)6(15)4(14)2-12/h3-7,12-15H,1-2,10-11H2,(H,16,17)/t3-,4?,5+,6?,7+,9?/m0/s1. The number of carboxylic acid groups (broad SMARTS) is 1. The van der Waals surface area contributed by atoms with Crippen LogP contribution in [0, 0.1) is 0 Å². The van der Waals surface area contributed by atoms with E-state index in [2.05, 4.69) is 4.84 Å². The summed E-state index contributed by atoms with van der Waals surface area (Å²) in [7, 11) is 0. The fraction of sp³-hybridized carbons (Fsp3) is 0.889. The number of aliphatic hydroxyl groups is 4. The topological polar surface area (TPSA) is 189 Å². The Bertz CT molecular complexity index is 329. The lowest BCUT2D eigenvalue weighted by Crippen LogP contribution is -2.66. The van der Waals surface area contributed by atoms with Gasteiger partial charge in [0.15, 0.2) is 0 Å². The molecule has 112 valence electrons. The van der Waals surface area contributed by atoms with Gasteiger partial charge in [0.2, 0.25) is 0 Å². The van der Waals surface area contributed by atoms with E-state index in [1.807, 2.05) is 0 Å². The van der Waals surface area contributed by atoms with E-state index >= 15 is 0 Å². The summed E-state index contributed by atoms with van der Waals surface area (Å²) in [5.41, 5.74) is 5.57. The van der Waals surface area contributed by atoms with Gasteiger partial charge < -0.3 is 36.0 Å². The first-order valence-electron chi connectivity index (χ1n) is 5.48. The van der Waals surface area contributed by atoms with Crippen LogP contribution in [0.3, 0.4) is 0 Å². The average molecular weight is 282 g/mol. The predicted molar refractivity (Wildman–Crippen MR) is 58.2 cm³/mol. The van der Waals surface area contributed by atoms with Gasteiger partial charge in [-0.05, 0) is 0 Å². The Morgan fingerprint density at radius 1 is 1.53 bits per heavy atom. The fourth-order valence-corrected chi connectivity index (χ4v) is 1.87. The molecule has 1 aliphatic rings. The van der Waals surface area contributed by atoms with Gasteiger partial charge in [0, 0.05) is 6.42 Å². The molecule has 1 fully saturated rings. The molecule has 1 rings (SSSR count). The molecule has 0 aromatic carbocycles. The van der Waals surface area contributed by atoms with Crippen LogP contribution >= 0.6 is 0 Å². The van der Waals surface area contributed by atoms with Crippen molar-refractivity contribution in [1.29, 1.82) is 0 Å². The van der Waals surface area contributed by atoms with Gasteiger partial charge in [-0.3, -0.25) is 4.84 Å². The molecule has 0 spiro atoms. The Kier molecular flexibility index (Phi) is 5.18. The summed E-state index contributed by atoms with van der Waals surface area (Å²) >= 11 is 0. The first-order valence-corrected chi connectivity index (χ1v) is 5.48. The minimum Gasteiger partial charge on any atom is -0.477 e. The highest BCUT2D eigenvalue weighted by Gasteiger charge is 2.54. The maximum absolute atomic E-state index is 11.1. The average Bonchev–Trinajstić information content (AvgIpc) is 2.39. The number of carboxylic acids is 1. The van der Waals surface area contributed by atoms with Crippen LogP contribution in [0.25, 0.3) is 0 Å². The van der Waals surface area contributed by atoms with Gasteiger partial charge in [0.25, 0.3) is 5.79 Å². The molecule has 1 saturated heterocycles. The zero-order valence-electron chi connectivity index (χ0n) is 9.92. The van der Waals surface area contributed by atoms with Gasteiger partial charge in [-0.25, -0.2) is 10.7 Å². The maximum atomic E-state index is 11.1. The van der Waals surface area contributed by atoms with Crippen LogP contribution in [-0.2, 0) is 14.4 Å². The summed E-state index contributed by atoms with van der Waals surface area (Å²) in [5, 5.41) is 46.5. The summed E-state index contributed by atoms with van der Waals surface area (Å²) in [6.45, 7) is -0.798. The third-order valence-electron chi connectivity index (χ3n) is 3.06. The van der Waals surface area contributed by atoms with Crippen molar-refractivity contribution in [2.45, 2.75) is 42.7 Å². The van der Waals surface area contributed by atoms with Gasteiger partial charge >= 0.3 is 5.97 Å². The van der Waals surface area contributed by atoms with Crippen molar-refractivity contribution in [2.24, 2.45) is 11.6 Å². The Hall–Kier alpha value is -0.850. The van der Waals surface area contributed by atoms with Gasteiger partial charge in [-0.15, -0.1) is 0 Å². The minimum atomic E-state index is -2.38. The molecule has 0 amide bonds. The number of ether oxygens (including phenoxy) is 1. The molecule has 3 unspecified atom stereocenters. The minimum absolute atomic E-state index is 0.543. The second-order valence-corrected chi connectivity index (χ2v) is 4.35. The van der Waals surface area contributed by atoms with Crippen LogP contribution in [0.2, 0.25) is 0 Å². The normalized spacial score (nSPS) is 38.7. The van der Waals surface area contributed by atoms with E-state index in [4.69, 9.17) is 26.6 Å². The molecule has 9 N–H and O–H groups in total. The number of aliphatic carboxylic acids is 1. The molecule has 1 aliphatic heterocycles. The quantitative estimate of drug-likeness (QED) is 0.244. The zero-order valence-corrected chi connectivity index (χ0v) is 9.92. The Balaban J connectivity index is 2.99. The predicted octanol–water partition coefficient (Wildman–Crippen LogP) is -4.15. The van der Waals surface area contributed by atoms with Crippen molar-refractivity contribution in [2.75, 3.05) is 6.61 Å². The monoisotopic (exact) mass is 282 g/mol.